The highest BCUT2D eigenvalue weighted by Crippen LogP contribution is 2.53. The van der Waals surface area contributed by atoms with Crippen LogP contribution in [0, 0.1) is 0 Å². The van der Waals surface area contributed by atoms with E-state index < -0.39 is 0 Å². The molecule has 0 unspecified atom stereocenters. The average Bonchev–Trinajstić information content (AvgIpc) is 3.70. The van der Waals surface area contributed by atoms with Crippen molar-refractivity contribution in [1.29, 1.82) is 0 Å². The Morgan fingerprint density at radius 1 is 0.792 bits per heavy atom. The van der Waals surface area contributed by atoms with Crippen molar-refractivity contribution in [1.82, 2.24) is 15.5 Å². The second-order valence-electron chi connectivity index (χ2n) is 13.9. The molecule has 0 aliphatic carbocycles. The maximum Gasteiger partial charge on any atom is 0.204 e. The first-order valence-corrected chi connectivity index (χ1v) is 18.3. The Hall–Kier alpha value is -5.16. The lowest BCUT2D eigenvalue weighted by Crippen LogP contribution is -2.35. The summed E-state index contributed by atoms with van der Waals surface area (Å²) in [4.78, 5) is 2.40. The van der Waals surface area contributed by atoms with Gasteiger partial charge >= 0.3 is 0 Å². The van der Waals surface area contributed by atoms with Crippen molar-refractivity contribution >= 4 is 0 Å². The van der Waals surface area contributed by atoms with Crippen LogP contribution in [0.2, 0.25) is 0 Å². The van der Waals surface area contributed by atoms with Gasteiger partial charge in [0.1, 0.15) is 11.5 Å². The third-order valence-electron chi connectivity index (χ3n) is 10.8. The van der Waals surface area contributed by atoms with Crippen molar-refractivity contribution in [2.45, 2.75) is 50.9 Å². The lowest BCUT2D eigenvalue weighted by Gasteiger charge is -2.38. The number of likely N-dealkylation sites (N-methyl/N-ethyl adjacent to an activating group) is 1. The number of fused-ring (bicyclic) bond motifs is 2. The largest absolute Gasteiger partial charge is 0.493 e. The zero-order chi connectivity index (χ0) is 36.5. The summed E-state index contributed by atoms with van der Waals surface area (Å²) in [6.45, 7) is 2.85. The molecule has 10 nitrogen and oxygen atoms in total. The first kappa shape index (κ1) is 34.9. The molecule has 0 radical (unpaired) electrons. The minimum Gasteiger partial charge on any atom is -0.493 e. The third kappa shape index (κ3) is 6.78. The number of benzene rings is 4. The highest BCUT2D eigenvalue weighted by molar-refractivity contribution is 5.67. The first-order valence-electron chi connectivity index (χ1n) is 18.3. The minimum atomic E-state index is -0.0742. The van der Waals surface area contributed by atoms with Gasteiger partial charge in [-0.05, 0) is 116 Å². The van der Waals surface area contributed by atoms with Crippen molar-refractivity contribution in [3.63, 3.8) is 0 Å². The van der Waals surface area contributed by atoms with Gasteiger partial charge in [-0.15, -0.1) is 0 Å². The molecule has 0 spiro atoms. The standard InChI is InChI=1S/C43H47N3O7/c1-46-17-15-31-33(25-44-24-30-7-6-18-51-30)41(49-4)43(50-5)42-40(31)35(46)20-27-10-13-36(47-2)38(21-27)52-29-11-8-26(9-12-29)19-34-32-23-39(53-42)37(48-3)22-28(32)14-16-45-34/h6-13,18,21-23,34-35,44-45H,14-17,19-20,24-25H2,1-5H3/t34-,35-/m0/s1. The number of nitrogens with one attached hydrogen (secondary N) is 2. The van der Waals surface area contributed by atoms with Crippen LogP contribution in [-0.4, -0.2) is 53.5 Å². The molecule has 4 aromatic carbocycles. The second-order valence-corrected chi connectivity index (χ2v) is 13.9. The molecule has 0 amide bonds. The van der Waals surface area contributed by atoms with Crippen molar-refractivity contribution in [3.8, 4) is 46.0 Å². The van der Waals surface area contributed by atoms with Crippen LogP contribution in [0.15, 0.2) is 77.4 Å². The van der Waals surface area contributed by atoms with Crippen LogP contribution in [0.25, 0.3) is 0 Å². The number of furan rings is 1. The van der Waals surface area contributed by atoms with Gasteiger partial charge in [0.05, 0.1) is 41.2 Å². The van der Waals surface area contributed by atoms with Gasteiger partial charge in [0.2, 0.25) is 5.75 Å². The molecule has 0 saturated heterocycles. The van der Waals surface area contributed by atoms with E-state index in [0.717, 1.165) is 60.6 Å². The van der Waals surface area contributed by atoms with Crippen LogP contribution in [0.1, 0.15) is 56.8 Å². The van der Waals surface area contributed by atoms with Gasteiger partial charge in [-0.1, -0.05) is 18.2 Å². The van der Waals surface area contributed by atoms with Crippen LogP contribution in [0.5, 0.6) is 46.0 Å². The van der Waals surface area contributed by atoms with E-state index in [2.05, 4.69) is 59.0 Å². The predicted octanol–water partition coefficient (Wildman–Crippen LogP) is 7.70. The zero-order valence-corrected chi connectivity index (χ0v) is 31.0. The maximum atomic E-state index is 7.17. The van der Waals surface area contributed by atoms with E-state index in [1.54, 1.807) is 34.7 Å². The monoisotopic (exact) mass is 717 g/mol. The van der Waals surface area contributed by atoms with Crippen molar-refractivity contribution < 1.29 is 32.8 Å². The highest BCUT2D eigenvalue weighted by Gasteiger charge is 2.37. The minimum absolute atomic E-state index is 0.0742. The van der Waals surface area contributed by atoms with Crippen LogP contribution >= 0.6 is 0 Å². The smallest absolute Gasteiger partial charge is 0.204 e. The molecule has 2 N–H and O–H groups in total. The van der Waals surface area contributed by atoms with E-state index in [4.69, 9.17) is 32.8 Å². The van der Waals surface area contributed by atoms with Crippen LogP contribution < -0.4 is 39.1 Å². The Kier molecular flexibility index (Phi) is 9.92. The van der Waals surface area contributed by atoms with E-state index >= 15 is 0 Å². The molecular formula is C43H47N3O7. The summed E-state index contributed by atoms with van der Waals surface area (Å²) in [7, 11) is 8.93. The number of ether oxygens (including phenoxy) is 6. The summed E-state index contributed by atoms with van der Waals surface area (Å²) in [5, 5.41) is 7.35. The van der Waals surface area contributed by atoms with Gasteiger partial charge < -0.3 is 43.5 Å². The Labute approximate surface area is 310 Å². The lowest BCUT2D eigenvalue weighted by molar-refractivity contribution is 0.220. The summed E-state index contributed by atoms with van der Waals surface area (Å²) >= 11 is 0. The van der Waals surface area contributed by atoms with Crippen LogP contribution in [0.3, 0.4) is 0 Å². The number of hydrogen-bond donors (Lipinski definition) is 2. The van der Waals surface area contributed by atoms with E-state index in [-0.39, 0.29) is 12.1 Å². The van der Waals surface area contributed by atoms with E-state index in [0.29, 0.717) is 59.8 Å². The second kappa shape index (κ2) is 15.1. The molecule has 0 fully saturated rings. The quantitative estimate of drug-likeness (QED) is 0.166. The molecule has 4 aliphatic rings. The van der Waals surface area contributed by atoms with Gasteiger partial charge in [-0.3, -0.25) is 4.90 Å². The summed E-state index contributed by atoms with van der Waals surface area (Å²) < 4.78 is 43.6. The van der Waals surface area contributed by atoms with Crippen molar-refractivity contribution in [3.05, 3.63) is 118 Å². The number of nitrogens with zero attached hydrogens (tertiary/aromatic N) is 1. The van der Waals surface area contributed by atoms with Gasteiger partial charge in [0.25, 0.3) is 0 Å². The Morgan fingerprint density at radius 2 is 1.58 bits per heavy atom. The Morgan fingerprint density at radius 3 is 2.34 bits per heavy atom. The van der Waals surface area contributed by atoms with Gasteiger partial charge in [-0.2, -0.15) is 0 Å². The topological polar surface area (TPSA) is 95.8 Å². The SMILES string of the molecule is COc1ccc2cc1Oc1ccc(cc1)C[C@@H]1NCCc3cc(OC)c(cc31)Oc1c(OC)c(OC)c(CNCc3ccco3)c3c1[C@H](C2)N(C)CC3. The van der Waals surface area contributed by atoms with E-state index in [9.17, 15) is 0 Å². The summed E-state index contributed by atoms with van der Waals surface area (Å²) in [6.07, 6.45) is 4.88. The molecule has 6 bridgehead atoms. The summed E-state index contributed by atoms with van der Waals surface area (Å²) in [5.41, 5.74) is 8.03. The molecule has 5 heterocycles. The lowest BCUT2D eigenvalue weighted by atomic mass is 9.84. The number of rotatable bonds is 8. The molecule has 53 heavy (non-hydrogen) atoms. The number of methoxy groups -OCH3 is 4. The molecule has 0 saturated carbocycles. The highest BCUT2D eigenvalue weighted by atomic mass is 16.5. The molecule has 10 heteroatoms. The molecule has 2 atom stereocenters. The van der Waals surface area contributed by atoms with E-state index in [1.165, 1.54) is 22.3 Å². The average molecular weight is 718 g/mol. The fourth-order valence-electron chi connectivity index (χ4n) is 8.16. The molecule has 1 aromatic heterocycles. The van der Waals surface area contributed by atoms with Crippen LogP contribution in [-0.2, 0) is 38.8 Å². The third-order valence-corrected chi connectivity index (χ3v) is 10.8. The zero-order valence-electron chi connectivity index (χ0n) is 31.0. The first-order chi connectivity index (χ1) is 26.0. The molecule has 276 valence electrons. The summed E-state index contributed by atoms with van der Waals surface area (Å²) in [6, 6.07) is 22.7. The normalized spacial score (nSPS) is 17.8. The van der Waals surface area contributed by atoms with E-state index in [1.807, 2.05) is 30.3 Å². The number of hydrogen-bond acceptors (Lipinski definition) is 10. The van der Waals surface area contributed by atoms with Gasteiger partial charge in [0, 0.05) is 36.3 Å². The maximum absolute atomic E-state index is 7.17. The fourth-order valence-corrected chi connectivity index (χ4v) is 8.16. The summed E-state index contributed by atoms with van der Waals surface area (Å²) in [5.74, 6) is 6.11. The Balaban J connectivity index is 1.34. The fraction of sp³-hybridized carbons (Fsp3) is 0.349. The predicted molar refractivity (Wildman–Crippen MR) is 202 cm³/mol. The van der Waals surface area contributed by atoms with Gasteiger partial charge in [-0.25, -0.2) is 0 Å². The van der Waals surface area contributed by atoms with Crippen molar-refractivity contribution in [2.24, 2.45) is 0 Å². The van der Waals surface area contributed by atoms with Crippen molar-refractivity contribution in [2.75, 3.05) is 48.6 Å². The molecule has 4 aliphatic heterocycles. The molecular weight excluding hydrogens is 670 g/mol. The van der Waals surface area contributed by atoms with Gasteiger partial charge in [0.15, 0.2) is 34.5 Å². The molecule has 9 rings (SSSR count). The van der Waals surface area contributed by atoms with Crippen LogP contribution in [0.4, 0.5) is 0 Å². The Bertz CT molecular complexity index is 2080. The molecule has 5 aromatic rings.